The largest absolute Gasteiger partial charge is 0.491 e. The highest BCUT2D eigenvalue weighted by atomic mass is 16.5. The fourth-order valence-electron chi connectivity index (χ4n) is 4.08. The van der Waals surface area contributed by atoms with Crippen LogP contribution < -0.4 is 9.47 Å². The molecule has 1 fully saturated rings. The van der Waals surface area contributed by atoms with E-state index in [1.165, 1.54) is 0 Å². The smallest absolute Gasteiger partial charge is 0.199 e. The predicted molar refractivity (Wildman–Crippen MR) is 136 cm³/mol. The van der Waals surface area contributed by atoms with E-state index in [2.05, 4.69) is 23.1 Å². The standard InChI is InChI=1S/C28H36N2O6/c1-31-13-15-34-24-7-3-5-22(17-24)19-27-26(21-30-9-11-33-12-10-30)29-28(36-27)20-23-6-4-8-25(18-23)35-16-14-32-2/h3-8,17-18H,9-16,19-21H2,1-2H3. The Morgan fingerprint density at radius 3 is 2.03 bits per heavy atom. The number of nitrogens with zero attached hydrogens (tertiary/aromatic N) is 2. The highest BCUT2D eigenvalue weighted by Crippen LogP contribution is 2.23. The molecule has 8 heteroatoms. The summed E-state index contributed by atoms with van der Waals surface area (Å²) in [5.41, 5.74) is 3.18. The summed E-state index contributed by atoms with van der Waals surface area (Å²) in [6.07, 6.45) is 1.24. The third-order valence-corrected chi connectivity index (χ3v) is 5.93. The molecule has 1 aliphatic rings. The summed E-state index contributed by atoms with van der Waals surface area (Å²) in [5, 5.41) is 0. The zero-order valence-corrected chi connectivity index (χ0v) is 21.2. The normalized spacial score (nSPS) is 14.2. The Morgan fingerprint density at radius 1 is 0.806 bits per heavy atom. The molecule has 1 aliphatic heterocycles. The first-order chi connectivity index (χ1) is 17.7. The first-order valence-electron chi connectivity index (χ1n) is 12.4. The number of ether oxygens (including phenoxy) is 5. The summed E-state index contributed by atoms with van der Waals surface area (Å²) in [6, 6.07) is 16.1. The van der Waals surface area contributed by atoms with Gasteiger partial charge in [0.15, 0.2) is 5.89 Å². The fraction of sp³-hybridized carbons (Fsp3) is 0.464. The van der Waals surface area contributed by atoms with Crippen LogP contribution in [0.25, 0.3) is 0 Å². The van der Waals surface area contributed by atoms with Gasteiger partial charge in [-0.2, -0.15) is 0 Å². The zero-order chi connectivity index (χ0) is 25.0. The summed E-state index contributed by atoms with van der Waals surface area (Å²) in [7, 11) is 3.33. The molecule has 0 saturated carbocycles. The monoisotopic (exact) mass is 496 g/mol. The van der Waals surface area contributed by atoms with Crippen molar-refractivity contribution in [3.8, 4) is 11.5 Å². The first-order valence-corrected chi connectivity index (χ1v) is 12.4. The number of rotatable bonds is 14. The number of hydrogen-bond donors (Lipinski definition) is 0. The van der Waals surface area contributed by atoms with Crippen molar-refractivity contribution in [2.45, 2.75) is 19.4 Å². The molecular formula is C28H36N2O6. The molecular weight excluding hydrogens is 460 g/mol. The van der Waals surface area contributed by atoms with E-state index in [9.17, 15) is 0 Å². The van der Waals surface area contributed by atoms with E-state index in [-0.39, 0.29) is 0 Å². The highest BCUT2D eigenvalue weighted by Gasteiger charge is 2.19. The van der Waals surface area contributed by atoms with E-state index < -0.39 is 0 Å². The number of benzene rings is 2. The molecule has 3 aromatic rings. The van der Waals surface area contributed by atoms with Gasteiger partial charge >= 0.3 is 0 Å². The average molecular weight is 497 g/mol. The van der Waals surface area contributed by atoms with Gasteiger partial charge in [0.05, 0.1) is 32.1 Å². The second-order valence-corrected chi connectivity index (χ2v) is 8.70. The van der Waals surface area contributed by atoms with Crippen molar-refractivity contribution in [3.63, 3.8) is 0 Å². The van der Waals surface area contributed by atoms with Crippen LogP contribution in [0.2, 0.25) is 0 Å². The molecule has 0 aliphatic carbocycles. The summed E-state index contributed by atoms with van der Waals surface area (Å²) in [4.78, 5) is 7.29. The van der Waals surface area contributed by atoms with Crippen molar-refractivity contribution in [2.75, 3.05) is 67.0 Å². The minimum atomic E-state index is 0.515. The molecule has 194 valence electrons. The van der Waals surface area contributed by atoms with Crippen LogP contribution in [0, 0.1) is 0 Å². The Hall–Kier alpha value is -2.91. The maximum Gasteiger partial charge on any atom is 0.199 e. The van der Waals surface area contributed by atoms with Crippen molar-refractivity contribution in [2.24, 2.45) is 0 Å². The molecule has 0 amide bonds. The molecule has 2 heterocycles. The van der Waals surface area contributed by atoms with Gasteiger partial charge in [0.2, 0.25) is 0 Å². The Bertz CT molecular complexity index is 1060. The van der Waals surface area contributed by atoms with Crippen LogP contribution in [-0.2, 0) is 33.6 Å². The highest BCUT2D eigenvalue weighted by molar-refractivity contribution is 5.33. The molecule has 2 aromatic carbocycles. The Kier molecular flexibility index (Phi) is 10.2. The maximum atomic E-state index is 6.35. The van der Waals surface area contributed by atoms with Crippen LogP contribution in [0.1, 0.15) is 28.5 Å². The number of morpholine rings is 1. The van der Waals surface area contributed by atoms with Crippen LogP contribution in [-0.4, -0.2) is 76.8 Å². The SMILES string of the molecule is COCCOc1cccc(Cc2nc(CN3CCOCC3)c(Cc3cccc(OCCOC)c3)o2)c1. The lowest BCUT2D eigenvalue weighted by Crippen LogP contribution is -2.36. The van der Waals surface area contributed by atoms with Gasteiger partial charge in [0, 0.05) is 46.7 Å². The van der Waals surface area contributed by atoms with E-state index in [0.717, 1.165) is 66.9 Å². The van der Waals surface area contributed by atoms with Crippen molar-refractivity contribution in [1.29, 1.82) is 0 Å². The summed E-state index contributed by atoms with van der Waals surface area (Å²) >= 11 is 0. The summed E-state index contributed by atoms with van der Waals surface area (Å²) in [5.74, 6) is 3.23. The molecule has 0 bridgehead atoms. The molecule has 4 rings (SSSR count). The van der Waals surface area contributed by atoms with Crippen molar-refractivity contribution >= 4 is 0 Å². The lowest BCUT2D eigenvalue weighted by atomic mass is 10.1. The number of hydrogen-bond acceptors (Lipinski definition) is 8. The van der Waals surface area contributed by atoms with Gasteiger partial charge in [0.1, 0.15) is 30.5 Å². The van der Waals surface area contributed by atoms with E-state index in [1.807, 2.05) is 30.3 Å². The van der Waals surface area contributed by atoms with Crippen LogP contribution >= 0.6 is 0 Å². The topological polar surface area (TPSA) is 75.4 Å². The van der Waals surface area contributed by atoms with Crippen molar-refractivity contribution in [3.05, 3.63) is 77.0 Å². The second kappa shape index (κ2) is 14.0. The van der Waals surface area contributed by atoms with Gasteiger partial charge in [0.25, 0.3) is 0 Å². The van der Waals surface area contributed by atoms with E-state index >= 15 is 0 Å². The number of methoxy groups -OCH3 is 2. The van der Waals surface area contributed by atoms with E-state index in [1.54, 1.807) is 14.2 Å². The minimum Gasteiger partial charge on any atom is -0.491 e. The van der Waals surface area contributed by atoms with Crippen LogP contribution in [0.3, 0.4) is 0 Å². The third-order valence-electron chi connectivity index (χ3n) is 5.93. The van der Waals surface area contributed by atoms with Crippen molar-refractivity contribution < 1.29 is 28.1 Å². The van der Waals surface area contributed by atoms with Gasteiger partial charge in [-0.3, -0.25) is 4.90 Å². The Labute approximate surface area is 213 Å². The maximum absolute atomic E-state index is 6.35. The van der Waals surface area contributed by atoms with Gasteiger partial charge in [-0.1, -0.05) is 24.3 Å². The van der Waals surface area contributed by atoms with Gasteiger partial charge < -0.3 is 28.1 Å². The van der Waals surface area contributed by atoms with Gasteiger partial charge in [-0.15, -0.1) is 0 Å². The van der Waals surface area contributed by atoms with Crippen molar-refractivity contribution in [1.82, 2.24) is 9.88 Å². The second-order valence-electron chi connectivity index (χ2n) is 8.70. The molecule has 8 nitrogen and oxygen atoms in total. The van der Waals surface area contributed by atoms with E-state index in [4.69, 9.17) is 33.1 Å². The molecule has 0 unspecified atom stereocenters. The number of oxazole rings is 1. The Balaban J connectivity index is 1.50. The molecule has 0 N–H and O–H groups in total. The average Bonchev–Trinajstić information content (AvgIpc) is 3.25. The van der Waals surface area contributed by atoms with Crippen LogP contribution in [0.4, 0.5) is 0 Å². The first kappa shape index (κ1) is 26.2. The quantitative estimate of drug-likeness (QED) is 0.313. The Morgan fingerprint density at radius 2 is 1.42 bits per heavy atom. The third kappa shape index (κ3) is 8.06. The minimum absolute atomic E-state index is 0.515. The van der Waals surface area contributed by atoms with Gasteiger partial charge in [-0.05, 0) is 35.4 Å². The number of aromatic nitrogens is 1. The molecule has 36 heavy (non-hydrogen) atoms. The summed E-state index contributed by atoms with van der Waals surface area (Å²) < 4.78 is 33.6. The lowest BCUT2D eigenvalue weighted by Gasteiger charge is -2.25. The molecule has 1 saturated heterocycles. The molecule has 0 atom stereocenters. The predicted octanol–water partition coefficient (Wildman–Crippen LogP) is 3.74. The van der Waals surface area contributed by atoms with Crippen LogP contribution in [0.15, 0.2) is 52.9 Å². The van der Waals surface area contributed by atoms with Gasteiger partial charge in [-0.25, -0.2) is 4.98 Å². The zero-order valence-electron chi connectivity index (χ0n) is 21.2. The van der Waals surface area contributed by atoms with E-state index in [0.29, 0.717) is 45.2 Å². The van der Waals surface area contributed by atoms with Crippen LogP contribution in [0.5, 0.6) is 11.5 Å². The molecule has 0 spiro atoms. The summed E-state index contributed by atoms with van der Waals surface area (Å²) in [6.45, 7) is 6.16. The molecule has 1 aromatic heterocycles. The fourth-order valence-corrected chi connectivity index (χ4v) is 4.08. The lowest BCUT2D eigenvalue weighted by molar-refractivity contribution is 0.0335. The molecule has 0 radical (unpaired) electrons.